The predicted octanol–water partition coefficient (Wildman–Crippen LogP) is 5.31. The standard InChI is InChI=1S/C34H43Cl2N7O4S/c1-7-47-30-28(23-37-31(38-30)40(4)5)29-39-33(2,24-9-13-26(35)14-10-24)34(3,25-11-15-27(36)16-12-25)43(29)32(44)42-20-18-41(19-21-42)17-8-22-48(6,45)46/h9-16,23H,7-8,17-22H2,1-6H3/t33-,34-/m0/s1. The van der Waals surface area contributed by atoms with Crippen LogP contribution in [0, 0.1) is 0 Å². The van der Waals surface area contributed by atoms with Gasteiger partial charge in [0.1, 0.15) is 26.8 Å². The molecular formula is C34H43Cl2N7O4S. The van der Waals surface area contributed by atoms with Gasteiger partial charge in [0.2, 0.25) is 11.8 Å². The van der Waals surface area contributed by atoms with Crippen molar-refractivity contribution in [1.29, 1.82) is 0 Å². The lowest BCUT2D eigenvalue weighted by molar-refractivity contribution is 0.0868. The number of benzene rings is 2. The molecule has 2 aliphatic heterocycles. The molecule has 2 aromatic carbocycles. The topological polar surface area (TPSA) is 112 Å². The predicted molar refractivity (Wildman–Crippen MR) is 191 cm³/mol. The number of nitrogens with zero attached hydrogens (tertiary/aromatic N) is 7. The zero-order chi connectivity index (χ0) is 34.9. The lowest BCUT2D eigenvalue weighted by atomic mass is 9.71. The average molecular weight is 717 g/mol. The minimum absolute atomic E-state index is 0.138. The Kier molecular flexibility index (Phi) is 10.6. The maximum Gasteiger partial charge on any atom is 0.326 e. The van der Waals surface area contributed by atoms with E-state index in [0.29, 0.717) is 79.0 Å². The van der Waals surface area contributed by atoms with E-state index in [1.54, 1.807) is 16.0 Å². The van der Waals surface area contributed by atoms with Gasteiger partial charge >= 0.3 is 6.03 Å². The molecule has 2 atom stereocenters. The Morgan fingerprint density at radius 1 is 0.958 bits per heavy atom. The van der Waals surface area contributed by atoms with E-state index < -0.39 is 20.9 Å². The largest absolute Gasteiger partial charge is 0.477 e. The Morgan fingerprint density at radius 2 is 1.54 bits per heavy atom. The second-order valence-electron chi connectivity index (χ2n) is 12.7. The van der Waals surface area contributed by atoms with Crippen molar-refractivity contribution in [3.63, 3.8) is 0 Å². The van der Waals surface area contributed by atoms with Crippen molar-refractivity contribution in [2.45, 2.75) is 38.3 Å². The second kappa shape index (κ2) is 14.2. The van der Waals surface area contributed by atoms with Crippen LogP contribution in [0.15, 0.2) is 59.7 Å². The Morgan fingerprint density at radius 3 is 2.08 bits per heavy atom. The van der Waals surface area contributed by atoms with Gasteiger partial charge in [-0.3, -0.25) is 14.8 Å². The minimum Gasteiger partial charge on any atom is -0.477 e. The van der Waals surface area contributed by atoms with Crippen LogP contribution >= 0.6 is 23.2 Å². The van der Waals surface area contributed by atoms with Crippen LogP contribution in [-0.2, 0) is 20.9 Å². The zero-order valence-electron chi connectivity index (χ0n) is 28.3. The highest BCUT2D eigenvalue weighted by Gasteiger charge is 2.60. The van der Waals surface area contributed by atoms with Gasteiger partial charge in [0.05, 0.1) is 17.9 Å². The number of aliphatic imine (C=N–C) groups is 1. The van der Waals surface area contributed by atoms with Crippen LogP contribution in [-0.4, -0.2) is 110 Å². The molecule has 1 saturated heterocycles. The number of carbonyl (C=O) groups excluding carboxylic acids is 1. The maximum absolute atomic E-state index is 15.0. The van der Waals surface area contributed by atoms with Gasteiger partial charge in [-0.05, 0) is 69.1 Å². The third-order valence-corrected chi connectivity index (χ3v) is 10.8. The Labute approximate surface area is 293 Å². The number of anilines is 1. The SMILES string of the molecule is CCOc1nc(N(C)C)ncc1C1=N[C@@](C)(c2ccc(Cl)cc2)[C@](C)(c2ccc(Cl)cc2)N1C(=O)N1CCN(CCCS(C)(=O)=O)CC1. The lowest BCUT2D eigenvalue weighted by Gasteiger charge is -2.47. The van der Waals surface area contributed by atoms with Crippen LogP contribution in [0.5, 0.6) is 5.88 Å². The summed E-state index contributed by atoms with van der Waals surface area (Å²) in [6, 6.07) is 14.8. The summed E-state index contributed by atoms with van der Waals surface area (Å²) in [5, 5.41) is 1.16. The maximum atomic E-state index is 15.0. The van der Waals surface area contributed by atoms with E-state index in [-0.39, 0.29) is 11.8 Å². The monoisotopic (exact) mass is 715 g/mol. The number of aromatic nitrogens is 2. The van der Waals surface area contributed by atoms with Crippen molar-refractivity contribution in [2.24, 2.45) is 4.99 Å². The summed E-state index contributed by atoms with van der Waals surface area (Å²) in [7, 11) is 0.665. The van der Waals surface area contributed by atoms with E-state index in [1.165, 1.54) is 6.26 Å². The van der Waals surface area contributed by atoms with Crippen LogP contribution in [0.3, 0.4) is 0 Å². The fraction of sp³-hybridized carbons (Fsp3) is 0.471. The fourth-order valence-corrected chi connectivity index (χ4v) is 7.30. The van der Waals surface area contributed by atoms with Crippen molar-refractivity contribution in [3.8, 4) is 5.88 Å². The summed E-state index contributed by atoms with van der Waals surface area (Å²) in [5.74, 6) is 1.31. The number of halogens is 2. The third kappa shape index (κ3) is 7.12. The number of carbonyl (C=O) groups is 1. The van der Waals surface area contributed by atoms with Gasteiger partial charge < -0.3 is 14.5 Å². The molecule has 258 valence electrons. The molecule has 3 heterocycles. The number of ether oxygens (including phenoxy) is 1. The lowest BCUT2D eigenvalue weighted by Crippen LogP contribution is -2.60. The first-order chi connectivity index (χ1) is 22.7. The third-order valence-electron chi connectivity index (χ3n) is 9.24. The molecule has 0 unspecified atom stereocenters. The summed E-state index contributed by atoms with van der Waals surface area (Å²) >= 11 is 12.7. The first-order valence-corrected chi connectivity index (χ1v) is 18.8. The number of hydrogen-bond acceptors (Lipinski definition) is 9. The molecule has 1 aromatic heterocycles. The first kappa shape index (κ1) is 35.8. The highest BCUT2D eigenvalue weighted by molar-refractivity contribution is 7.90. The van der Waals surface area contributed by atoms with Crippen molar-refractivity contribution < 1.29 is 17.9 Å². The van der Waals surface area contributed by atoms with Crippen LogP contribution in [0.4, 0.5) is 10.7 Å². The highest BCUT2D eigenvalue weighted by atomic mass is 35.5. The van der Waals surface area contributed by atoms with Gasteiger partial charge in [-0.15, -0.1) is 0 Å². The molecule has 0 spiro atoms. The minimum atomic E-state index is -3.04. The molecule has 0 aliphatic carbocycles. The van der Waals surface area contributed by atoms with E-state index >= 15 is 4.79 Å². The van der Waals surface area contributed by atoms with Gasteiger partial charge in [0, 0.05) is 62.8 Å². The number of piperazine rings is 1. The van der Waals surface area contributed by atoms with Crippen molar-refractivity contribution in [2.75, 3.05) is 70.3 Å². The average Bonchev–Trinajstić information content (AvgIpc) is 3.29. The molecule has 14 heteroatoms. The molecule has 48 heavy (non-hydrogen) atoms. The van der Waals surface area contributed by atoms with Gasteiger partial charge in [-0.1, -0.05) is 47.5 Å². The van der Waals surface area contributed by atoms with Crippen LogP contribution in [0.25, 0.3) is 0 Å². The number of amidine groups is 1. The molecule has 0 radical (unpaired) electrons. The fourth-order valence-electron chi connectivity index (χ4n) is 6.39. The molecular weight excluding hydrogens is 673 g/mol. The molecule has 0 saturated carbocycles. The number of sulfone groups is 1. The molecule has 3 aromatic rings. The smallest absolute Gasteiger partial charge is 0.326 e. The quantitative estimate of drug-likeness (QED) is 0.278. The van der Waals surface area contributed by atoms with E-state index in [2.05, 4.69) is 9.88 Å². The summed E-state index contributed by atoms with van der Waals surface area (Å²) in [6.07, 6.45) is 3.47. The molecule has 0 N–H and O–H groups in total. The summed E-state index contributed by atoms with van der Waals surface area (Å²) in [6.45, 7) is 9.08. The van der Waals surface area contributed by atoms with Crippen molar-refractivity contribution in [1.82, 2.24) is 24.7 Å². The van der Waals surface area contributed by atoms with E-state index in [1.807, 2.05) is 88.3 Å². The van der Waals surface area contributed by atoms with E-state index in [9.17, 15) is 8.42 Å². The summed E-state index contributed by atoms with van der Waals surface area (Å²) in [4.78, 5) is 37.4. The molecule has 1 fully saturated rings. The van der Waals surface area contributed by atoms with Crippen LogP contribution in [0.2, 0.25) is 10.0 Å². The Bertz CT molecular complexity index is 1760. The second-order valence-corrected chi connectivity index (χ2v) is 15.9. The van der Waals surface area contributed by atoms with E-state index in [0.717, 1.165) is 11.1 Å². The normalized spacial score (nSPS) is 21.7. The van der Waals surface area contributed by atoms with Gasteiger partial charge in [0.15, 0.2) is 0 Å². The number of urea groups is 1. The highest BCUT2D eigenvalue weighted by Crippen LogP contribution is 2.54. The first-order valence-electron chi connectivity index (χ1n) is 16.0. The number of amides is 2. The summed E-state index contributed by atoms with van der Waals surface area (Å²) < 4.78 is 29.4. The van der Waals surface area contributed by atoms with Crippen LogP contribution < -0.4 is 9.64 Å². The number of hydrogen-bond donors (Lipinski definition) is 0. The molecule has 11 nitrogen and oxygen atoms in total. The number of rotatable bonds is 10. The molecule has 5 rings (SSSR count). The van der Waals surface area contributed by atoms with Crippen molar-refractivity contribution in [3.05, 3.63) is 81.5 Å². The molecule has 2 amide bonds. The van der Waals surface area contributed by atoms with Gasteiger partial charge in [0.25, 0.3) is 0 Å². The van der Waals surface area contributed by atoms with Crippen LogP contribution in [0.1, 0.15) is 43.9 Å². The van der Waals surface area contributed by atoms with Gasteiger partial charge in [-0.25, -0.2) is 18.2 Å². The van der Waals surface area contributed by atoms with Crippen molar-refractivity contribution >= 4 is 50.9 Å². The molecule has 0 bridgehead atoms. The Hall–Kier alpha value is -3.45. The Balaban J connectivity index is 1.64. The summed E-state index contributed by atoms with van der Waals surface area (Å²) in [5.41, 5.74) is 0.117. The zero-order valence-corrected chi connectivity index (χ0v) is 30.6. The van der Waals surface area contributed by atoms with Gasteiger partial charge in [-0.2, -0.15) is 4.98 Å². The van der Waals surface area contributed by atoms with E-state index in [4.69, 9.17) is 37.9 Å². The molecule has 2 aliphatic rings.